The van der Waals surface area contributed by atoms with Gasteiger partial charge in [-0.15, -0.1) is 11.3 Å². The first-order valence-electron chi connectivity index (χ1n) is 6.14. The molecule has 1 atom stereocenters. The van der Waals surface area contributed by atoms with Gasteiger partial charge in [0.15, 0.2) is 0 Å². The molecule has 0 spiro atoms. The quantitative estimate of drug-likeness (QED) is 0.852. The number of thiophene rings is 1. The van der Waals surface area contributed by atoms with Gasteiger partial charge in [0.25, 0.3) is 0 Å². The fourth-order valence-corrected chi connectivity index (χ4v) is 2.66. The molecule has 1 N–H and O–H groups in total. The maximum atomic E-state index is 4.35. The van der Waals surface area contributed by atoms with Crippen molar-refractivity contribution >= 4 is 11.3 Å². The van der Waals surface area contributed by atoms with E-state index in [0.717, 1.165) is 19.5 Å². The van der Waals surface area contributed by atoms with E-state index in [1.165, 1.54) is 10.4 Å². The van der Waals surface area contributed by atoms with Gasteiger partial charge in [0.1, 0.15) is 0 Å². The monoisotopic (exact) mass is 249 g/mol. The van der Waals surface area contributed by atoms with Crippen LogP contribution in [0.4, 0.5) is 0 Å². The molecule has 0 saturated heterocycles. The maximum absolute atomic E-state index is 4.35. The molecule has 2 aromatic heterocycles. The van der Waals surface area contributed by atoms with Crippen molar-refractivity contribution in [2.24, 2.45) is 0 Å². The lowest BCUT2D eigenvalue weighted by Crippen LogP contribution is -2.22. The zero-order valence-corrected chi connectivity index (χ0v) is 11.2. The van der Waals surface area contributed by atoms with E-state index in [2.05, 4.69) is 48.0 Å². The first-order valence-corrected chi connectivity index (χ1v) is 7.02. The van der Waals surface area contributed by atoms with Gasteiger partial charge in [-0.05, 0) is 31.3 Å². The Kier molecular flexibility index (Phi) is 4.34. The topological polar surface area (TPSA) is 29.9 Å². The van der Waals surface area contributed by atoms with E-state index in [-0.39, 0.29) is 6.04 Å². The molecular formula is C13H19N3S. The Morgan fingerprint density at radius 2 is 2.35 bits per heavy atom. The van der Waals surface area contributed by atoms with Crippen LogP contribution in [-0.4, -0.2) is 16.3 Å². The number of aromatic nitrogens is 2. The fourth-order valence-electron chi connectivity index (χ4n) is 1.83. The van der Waals surface area contributed by atoms with E-state index < -0.39 is 0 Å². The van der Waals surface area contributed by atoms with Gasteiger partial charge in [0, 0.05) is 23.2 Å². The van der Waals surface area contributed by atoms with Gasteiger partial charge >= 0.3 is 0 Å². The van der Waals surface area contributed by atoms with Gasteiger partial charge in [0.2, 0.25) is 0 Å². The summed E-state index contributed by atoms with van der Waals surface area (Å²) in [4.78, 5) is 1.36. The highest BCUT2D eigenvalue weighted by Crippen LogP contribution is 2.25. The third-order valence-electron chi connectivity index (χ3n) is 2.74. The summed E-state index contributed by atoms with van der Waals surface area (Å²) in [7, 11) is 0. The standard InChI is InChI=1S/C13H19N3S/c1-3-7-14-13(12-6-5-8-17-12)11-9-15-16(4-2)10-11/h5-6,8-10,13-14H,3-4,7H2,1-2H3. The van der Waals surface area contributed by atoms with Crippen molar-refractivity contribution in [1.29, 1.82) is 0 Å². The maximum Gasteiger partial charge on any atom is 0.0702 e. The highest BCUT2D eigenvalue weighted by Gasteiger charge is 2.15. The second kappa shape index (κ2) is 5.98. The Morgan fingerprint density at radius 1 is 1.47 bits per heavy atom. The van der Waals surface area contributed by atoms with Crippen LogP contribution >= 0.6 is 11.3 Å². The summed E-state index contributed by atoms with van der Waals surface area (Å²) in [5.41, 5.74) is 1.25. The molecule has 2 aromatic rings. The zero-order valence-electron chi connectivity index (χ0n) is 10.4. The SMILES string of the molecule is CCCNC(c1cnn(CC)c1)c1cccs1. The summed E-state index contributed by atoms with van der Waals surface area (Å²) in [6.45, 7) is 6.25. The van der Waals surface area contributed by atoms with Crippen molar-refractivity contribution < 1.29 is 0 Å². The minimum atomic E-state index is 0.287. The van der Waals surface area contributed by atoms with Crippen molar-refractivity contribution in [3.8, 4) is 0 Å². The minimum absolute atomic E-state index is 0.287. The Balaban J connectivity index is 2.20. The van der Waals surface area contributed by atoms with Crippen LogP contribution in [0.2, 0.25) is 0 Å². The van der Waals surface area contributed by atoms with Crippen molar-refractivity contribution in [1.82, 2.24) is 15.1 Å². The molecular weight excluding hydrogens is 230 g/mol. The minimum Gasteiger partial charge on any atom is -0.306 e. The predicted octanol–water partition coefficient (Wildman–Crippen LogP) is 3.05. The van der Waals surface area contributed by atoms with Crippen molar-refractivity contribution in [2.75, 3.05) is 6.54 Å². The summed E-state index contributed by atoms with van der Waals surface area (Å²) in [6.07, 6.45) is 5.24. The van der Waals surface area contributed by atoms with Gasteiger partial charge in [-0.2, -0.15) is 5.10 Å². The molecule has 4 heteroatoms. The average molecular weight is 249 g/mol. The third-order valence-corrected chi connectivity index (χ3v) is 3.67. The highest BCUT2D eigenvalue weighted by molar-refractivity contribution is 7.10. The van der Waals surface area contributed by atoms with Gasteiger partial charge in [0.05, 0.1) is 12.2 Å². The van der Waals surface area contributed by atoms with Crippen LogP contribution in [0.15, 0.2) is 29.9 Å². The summed E-state index contributed by atoms with van der Waals surface area (Å²) < 4.78 is 1.98. The van der Waals surface area contributed by atoms with Gasteiger partial charge in [-0.3, -0.25) is 4.68 Å². The van der Waals surface area contributed by atoms with Gasteiger partial charge in [-0.1, -0.05) is 13.0 Å². The molecule has 0 fully saturated rings. The highest BCUT2D eigenvalue weighted by atomic mass is 32.1. The number of nitrogens with one attached hydrogen (secondary N) is 1. The molecule has 1 unspecified atom stereocenters. The molecule has 2 heterocycles. The first-order chi connectivity index (χ1) is 8.35. The van der Waals surface area contributed by atoms with Crippen molar-refractivity contribution in [2.45, 2.75) is 32.9 Å². The molecule has 2 rings (SSSR count). The summed E-state index contributed by atoms with van der Waals surface area (Å²) in [6, 6.07) is 4.57. The summed E-state index contributed by atoms with van der Waals surface area (Å²) >= 11 is 1.79. The summed E-state index contributed by atoms with van der Waals surface area (Å²) in [5.74, 6) is 0. The number of hydrogen-bond donors (Lipinski definition) is 1. The Labute approximate surface area is 106 Å². The lowest BCUT2D eigenvalue weighted by Gasteiger charge is -2.15. The number of hydrogen-bond acceptors (Lipinski definition) is 3. The second-order valence-electron chi connectivity index (χ2n) is 4.03. The molecule has 0 radical (unpaired) electrons. The average Bonchev–Trinajstić information content (AvgIpc) is 3.00. The van der Waals surface area contributed by atoms with Gasteiger partial charge < -0.3 is 5.32 Å². The van der Waals surface area contributed by atoms with E-state index >= 15 is 0 Å². The Bertz CT molecular complexity index is 433. The first kappa shape index (κ1) is 12.3. The molecule has 17 heavy (non-hydrogen) atoms. The normalized spacial score (nSPS) is 12.8. The molecule has 0 amide bonds. The van der Waals surface area contributed by atoms with E-state index in [0.29, 0.717) is 0 Å². The molecule has 0 aromatic carbocycles. The summed E-state index contributed by atoms with van der Waals surface area (Å²) in [5, 5.41) is 10.1. The van der Waals surface area contributed by atoms with Gasteiger partial charge in [-0.25, -0.2) is 0 Å². The third kappa shape index (κ3) is 2.96. The van der Waals surface area contributed by atoms with E-state index in [4.69, 9.17) is 0 Å². The lowest BCUT2D eigenvalue weighted by atomic mass is 10.1. The second-order valence-corrected chi connectivity index (χ2v) is 5.01. The molecule has 0 aliphatic carbocycles. The molecule has 0 saturated carbocycles. The number of rotatable bonds is 6. The molecule has 92 valence electrons. The van der Waals surface area contributed by atoms with E-state index in [1.807, 2.05) is 10.9 Å². The van der Waals surface area contributed by atoms with E-state index in [9.17, 15) is 0 Å². The van der Waals surface area contributed by atoms with Crippen LogP contribution in [0.3, 0.4) is 0 Å². The predicted molar refractivity (Wildman–Crippen MR) is 72.4 cm³/mol. The smallest absolute Gasteiger partial charge is 0.0702 e. The Morgan fingerprint density at radius 3 is 2.94 bits per heavy atom. The number of aryl methyl sites for hydroxylation is 1. The van der Waals surface area contributed by atoms with Crippen LogP contribution in [-0.2, 0) is 6.54 Å². The Hall–Kier alpha value is -1.13. The molecule has 0 bridgehead atoms. The largest absolute Gasteiger partial charge is 0.306 e. The van der Waals surface area contributed by atoms with Crippen LogP contribution in [0.5, 0.6) is 0 Å². The molecule has 0 aliphatic heterocycles. The van der Waals surface area contributed by atoms with Crippen LogP contribution < -0.4 is 5.32 Å². The zero-order chi connectivity index (χ0) is 12.1. The van der Waals surface area contributed by atoms with Crippen LogP contribution in [0.1, 0.15) is 36.8 Å². The molecule has 0 aliphatic rings. The fraction of sp³-hybridized carbons (Fsp3) is 0.462. The number of nitrogens with zero attached hydrogens (tertiary/aromatic N) is 2. The van der Waals surface area contributed by atoms with Crippen molar-refractivity contribution in [3.63, 3.8) is 0 Å². The molecule has 3 nitrogen and oxygen atoms in total. The van der Waals surface area contributed by atoms with Crippen LogP contribution in [0, 0.1) is 0 Å². The lowest BCUT2D eigenvalue weighted by molar-refractivity contribution is 0.603. The van der Waals surface area contributed by atoms with Crippen LogP contribution in [0.25, 0.3) is 0 Å². The van der Waals surface area contributed by atoms with Crippen molar-refractivity contribution in [3.05, 3.63) is 40.3 Å². The van der Waals surface area contributed by atoms with E-state index in [1.54, 1.807) is 11.3 Å².